The second kappa shape index (κ2) is 13.0. The molecule has 1 aromatic carbocycles. The first kappa shape index (κ1) is 31.7. The molecular formula is C24H34O11. The first-order valence-electron chi connectivity index (χ1n) is 10.5. The summed E-state index contributed by atoms with van der Waals surface area (Å²) < 4.78 is 0. The highest BCUT2D eigenvalue weighted by molar-refractivity contribution is 6.02. The van der Waals surface area contributed by atoms with Crippen LogP contribution in [0.25, 0.3) is 0 Å². The molecule has 1 aromatic rings. The van der Waals surface area contributed by atoms with E-state index in [1.807, 2.05) is 0 Å². The smallest absolute Gasteiger partial charge is 0.373 e. The fraction of sp³-hybridized carbons (Fsp3) is 0.500. The molecule has 0 spiro atoms. The number of carboxylic acids is 1. The average molecular weight is 499 g/mol. The Hall–Kier alpha value is -3.28. The van der Waals surface area contributed by atoms with Crippen LogP contribution in [-0.4, -0.2) is 45.4 Å². The zero-order valence-electron chi connectivity index (χ0n) is 21.5. The van der Waals surface area contributed by atoms with Crippen molar-refractivity contribution in [1.29, 1.82) is 0 Å². The van der Waals surface area contributed by atoms with Gasteiger partial charge in [0, 0.05) is 6.08 Å². The Kier molecular flexibility index (Phi) is 11.8. The Morgan fingerprint density at radius 2 is 1.11 bits per heavy atom. The summed E-state index contributed by atoms with van der Waals surface area (Å²) in [6.45, 7) is 15.3. The molecule has 11 heteroatoms. The van der Waals surface area contributed by atoms with Crippen LogP contribution in [0.4, 0.5) is 0 Å². The Morgan fingerprint density at radius 1 is 0.743 bits per heavy atom. The molecule has 0 aliphatic heterocycles. The van der Waals surface area contributed by atoms with Crippen molar-refractivity contribution in [3.05, 3.63) is 47.0 Å². The van der Waals surface area contributed by atoms with Crippen LogP contribution in [0.2, 0.25) is 0 Å². The van der Waals surface area contributed by atoms with Gasteiger partial charge < -0.3 is 5.11 Å². The highest BCUT2D eigenvalue weighted by Gasteiger charge is 2.27. The fourth-order valence-electron chi connectivity index (χ4n) is 2.01. The van der Waals surface area contributed by atoms with E-state index in [0.29, 0.717) is 0 Å². The lowest BCUT2D eigenvalue weighted by Crippen LogP contribution is -2.24. The molecule has 0 atom stereocenters. The molecule has 0 amide bonds. The SMILES string of the molecule is CC(C)(C)/C(=C/C(=O)O)C(=O)OO.CC(C)(C)OOC(=O)c1ccccc1C(=O)OOC(C)(C)C. The molecule has 1 rings (SSSR count). The summed E-state index contributed by atoms with van der Waals surface area (Å²) >= 11 is 0. The van der Waals surface area contributed by atoms with Crippen molar-refractivity contribution in [2.45, 2.75) is 73.5 Å². The van der Waals surface area contributed by atoms with E-state index in [1.54, 1.807) is 74.4 Å². The van der Waals surface area contributed by atoms with Gasteiger partial charge in [0.05, 0.1) is 16.7 Å². The summed E-state index contributed by atoms with van der Waals surface area (Å²) in [5.74, 6) is -3.86. The molecule has 11 nitrogen and oxygen atoms in total. The largest absolute Gasteiger partial charge is 0.478 e. The normalized spacial score (nSPS) is 12.1. The van der Waals surface area contributed by atoms with E-state index in [4.69, 9.17) is 29.9 Å². The van der Waals surface area contributed by atoms with E-state index in [0.717, 1.165) is 6.08 Å². The van der Waals surface area contributed by atoms with Crippen molar-refractivity contribution in [3.63, 3.8) is 0 Å². The van der Waals surface area contributed by atoms with Gasteiger partial charge in [-0.15, -0.1) is 0 Å². The molecule has 196 valence electrons. The van der Waals surface area contributed by atoms with Crippen molar-refractivity contribution >= 4 is 23.9 Å². The molecule has 0 bridgehead atoms. The summed E-state index contributed by atoms with van der Waals surface area (Å²) in [7, 11) is 0. The number of carboxylic acid groups (broad SMARTS) is 1. The first-order chi connectivity index (χ1) is 15.8. The van der Waals surface area contributed by atoms with Crippen molar-refractivity contribution in [1.82, 2.24) is 0 Å². The van der Waals surface area contributed by atoms with Crippen LogP contribution in [0.1, 0.15) is 83.0 Å². The van der Waals surface area contributed by atoms with Crippen LogP contribution in [0.15, 0.2) is 35.9 Å². The second-order valence-corrected chi connectivity index (χ2v) is 10.2. The van der Waals surface area contributed by atoms with Crippen molar-refractivity contribution < 1.29 is 54.0 Å². The Balaban J connectivity index is 0.000000761. The van der Waals surface area contributed by atoms with Crippen molar-refractivity contribution in [3.8, 4) is 0 Å². The maximum atomic E-state index is 12.0. The predicted octanol–water partition coefficient (Wildman–Crippen LogP) is 4.52. The number of carbonyl (C=O) groups is 4. The van der Waals surface area contributed by atoms with Gasteiger partial charge in [-0.25, -0.2) is 19.2 Å². The molecule has 2 N–H and O–H groups in total. The number of hydrogen-bond donors (Lipinski definition) is 2. The fourth-order valence-corrected chi connectivity index (χ4v) is 2.01. The van der Waals surface area contributed by atoms with Gasteiger partial charge in [0.25, 0.3) is 0 Å². The summed E-state index contributed by atoms with van der Waals surface area (Å²) in [5, 5.41) is 16.5. The van der Waals surface area contributed by atoms with Crippen LogP contribution in [0.3, 0.4) is 0 Å². The molecule has 0 radical (unpaired) electrons. The Labute approximate surface area is 204 Å². The lowest BCUT2D eigenvalue weighted by molar-refractivity contribution is -0.302. The zero-order chi connectivity index (χ0) is 27.6. The van der Waals surface area contributed by atoms with Gasteiger partial charge in [-0.3, -0.25) is 14.7 Å². The number of rotatable bonds is 6. The van der Waals surface area contributed by atoms with Gasteiger partial charge in [0.15, 0.2) is 0 Å². The van der Waals surface area contributed by atoms with E-state index in [9.17, 15) is 19.2 Å². The predicted molar refractivity (Wildman–Crippen MR) is 123 cm³/mol. The highest BCUT2D eigenvalue weighted by Crippen LogP contribution is 2.25. The number of carbonyl (C=O) groups excluding carboxylic acids is 3. The minimum absolute atomic E-state index is 0.0364. The van der Waals surface area contributed by atoms with Gasteiger partial charge in [-0.2, -0.15) is 15.0 Å². The van der Waals surface area contributed by atoms with Gasteiger partial charge >= 0.3 is 23.9 Å². The van der Waals surface area contributed by atoms with Gasteiger partial charge in [-0.05, 0) is 59.1 Å². The summed E-state index contributed by atoms with van der Waals surface area (Å²) in [6, 6.07) is 6.11. The molecule has 0 saturated carbocycles. The van der Waals surface area contributed by atoms with Crippen LogP contribution in [-0.2, 0) is 34.0 Å². The minimum atomic E-state index is -1.25. The third-order valence-electron chi connectivity index (χ3n) is 3.48. The quantitative estimate of drug-likeness (QED) is 0.323. The molecule has 0 aromatic heterocycles. The highest BCUT2D eigenvalue weighted by atomic mass is 17.2. The van der Waals surface area contributed by atoms with Crippen LogP contribution < -0.4 is 0 Å². The Bertz CT molecular complexity index is 877. The number of aliphatic carboxylic acids is 1. The van der Waals surface area contributed by atoms with Crippen molar-refractivity contribution in [2.24, 2.45) is 5.41 Å². The first-order valence-corrected chi connectivity index (χ1v) is 10.5. The van der Waals surface area contributed by atoms with Crippen LogP contribution >= 0.6 is 0 Å². The molecular weight excluding hydrogens is 464 g/mol. The van der Waals surface area contributed by atoms with Gasteiger partial charge in [0.2, 0.25) is 0 Å². The molecule has 0 aliphatic carbocycles. The number of hydrogen-bond acceptors (Lipinski definition) is 10. The topological polar surface area (TPSA) is 155 Å². The van der Waals surface area contributed by atoms with Crippen LogP contribution in [0.5, 0.6) is 0 Å². The van der Waals surface area contributed by atoms with E-state index in [1.165, 1.54) is 12.1 Å². The van der Waals surface area contributed by atoms with E-state index < -0.39 is 40.5 Å². The lowest BCUT2D eigenvalue weighted by atomic mass is 9.86. The van der Waals surface area contributed by atoms with Gasteiger partial charge in [0.1, 0.15) is 11.2 Å². The summed E-state index contributed by atoms with van der Waals surface area (Å²) in [6.07, 6.45) is 0.721. The molecule has 0 heterocycles. The maximum Gasteiger partial charge on any atom is 0.373 e. The molecule has 0 aliphatic rings. The molecule has 0 fully saturated rings. The Morgan fingerprint density at radius 3 is 1.37 bits per heavy atom. The van der Waals surface area contributed by atoms with E-state index in [2.05, 4.69) is 4.89 Å². The molecule has 0 saturated heterocycles. The second-order valence-electron chi connectivity index (χ2n) is 10.2. The lowest BCUT2D eigenvalue weighted by Gasteiger charge is -2.18. The third-order valence-corrected chi connectivity index (χ3v) is 3.48. The summed E-state index contributed by atoms with van der Waals surface area (Å²) in [5.41, 5.74) is -2.01. The summed E-state index contributed by atoms with van der Waals surface area (Å²) in [4.78, 5) is 68.1. The zero-order valence-corrected chi connectivity index (χ0v) is 21.5. The standard InChI is InChI=1S/C16H22O6.C8H12O5/c1-15(2,3)21-19-13(17)11-9-7-8-10-12(11)14(18)20-22-16(4,5)6;1-8(2,3)5(4-6(9)10)7(11)13-12/h7-10H,1-6H3;4,12H,1-3H3,(H,9,10)/b;5-4+. The van der Waals surface area contributed by atoms with Crippen LogP contribution in [0, 0.1) is 5.41 Å². The number of benzene rings is 1. The molecule has 0 unspecified atom stereocenters. The van der Waals surface area contributed by atoms with E-state index >= 15 is 0 Å². The third kappa shape index (κ3) is 13.3. The average Bonchev–Trinajstić information content (AvgIpc) is 2.72. The molecule has 35 heavy (non-hydrogen) atoms. The van der Waals surface area contributed by atoms with Gasteiger partial charge in [-0.1, -0.05) is 32.9 Å². The monoisotopic (exact) mass is 498 g/mol. The maximum absolute atomic E-state index is 12.0. The van der Waals surface area contributed by atoms with Crippen molar-refractivity contribution in [2.75, 3.05) is 0 Å². The minimum Gasteiger partial charge on any atom is -0.478 e. The van der Waals surface area contributed by atoms with E-state index in [-0.39, 0.29) is 16.7 Å².